The molecule has 144 valence electrons. The number of carbonyl (C=O) groups is 2. The van der Waals surface area contributed by atoms with Crippen molar-refractivity contribution >= 4 is 17.6 Å². The molecular formula is C21H22N4O3. The van der Waals surface area contributed by atoms with E-state index in [-0.39, 0.29) is 5.69 Å². The fraction of sp³-hybridized carbons (Fsp3) is 0.238. The summed E-state index contributed by atoms with van der Waals surface area (Å²) in [5, 5.41) is 11.3. The number of anilines is 1. The van der Waals surface area contributed by atoms with Gasteiger partial charge in [0, 0.05) is 5.69 Å². The van der Waals surface area contributed by atoms with Crippen LogP contribution in [0.3, 0.4) is 0 Å². The van der Waals surface area contributed by atoms with E-state index in [1.54, 1.807) is 31.2 Å². The number of hydrogen-bond donors (Lipinski definition) is 1. The van der Waals surface area contributed by atoms with Gasteiger partial charge >= 0.3 is 5.97 Å². The van der Waals surface area contributed by atoms with Crippen molar-refractivity contribution in [1.29, 1.82) is 0 Å². The molecule has 28 heavy (non-hydrogen) atoms. The molecule has 0 aliphatic heterocycles. The van der Waals surface area contributed by atoms with Gasteiger partial charge in [-0.1, -0.05) is 35.9 Å². The summed E-state index contributed by atoms with van der Waals surface area (Å²) < 4.78 is 5.28. The monoisotopic (exact) mass is 378 g/mol. The van der Waals surface area contributed by atoms with E-state index in [0.717, 1.165) is 16.8 Å². The number of nitrogens with one attached hydrogen (secondary N) is 1. The van der Waals surface area contributed by atoms with Gasteiger partial charge in [-0.3, -0.25) is 4.79 Å². The molecule has 1 N–H and O–H groups in total. The Balaban J connectivity index is 1.72. The molecule has 0 aliphatic carbocycles. The lowest BCUT2D eigenvalue weighted by Gasteiger charge is -2.12. The molecule has 0 spiro atoms. The molecule has 1 aromatic heterocycles. The molecule has 1 atom stereocenters. The Morgan fingerprint density at radius 2 is 1.75 bits per heavy atom. The Hall–Kier alpha value is -3.48. The first-order chi connectivity index (χ1) is 13.3. The van der Waals surface area contributed by atoms with Crippen LogP contribution in [0.25, 0.3) is 5.69 Å². The number of aryl methyl sites for hydroxylation is 3. The van der Waals surface area contributed by atoms with E-state index in [0.29, 0.717) is 11.4 Å². The third-order valence-corrected chi connectivity index (χ3v) is 4.24. The highest BCUT2D eigenvalue weighted by Gasteiger charge is 2.24. The van der Waals surface area contributed by atoms with Gasteiger partial charge in [-0.2, -0.15) is 9.90 Å². The number of benzene rings is 2. The predicted molar refractivity (Wildman–Crippen MR) is 106 cm³/mol. The highest BCUT2D eigenvalue weighted by atomic mass is 16.5. The van der Waals surface area contributed by atoms with E-state index >= 15 is 0 Å². The summed E-state index contributed by atoms with van der Waals surface area (Å²) in [6.07, 6.45) is -0.974. The number of nitrogens with zero attached hydrogens (tertiary/aromatic N) is 3. The quantitative estimate of drug-likeness (QED) is 0.688. The zero-order valence-electron chi connectivity index (χ0n) is 16.3. The van der Waals surface area contributed by atoms with Gasteiger partial charge in [0.1, 0.15) is 0 Å². The van der Waals surface area contributed by atoms with Gasteiger partial charge in [0.2, 0.25) is 0 Å². The van der Waals surface area contributed by atoms with Crippen molar-refractivity contribution in [3.63, 3.8) is 0 Å². The maximum absolute atomic E-state index is 12.5. The molecule has 7 nitrogen and oxygen atoms in total. The third kappa shape index (κ3) is 4.25. The van der Waals surface area contributed by atoms with E-state index in [4.69, 9.17) is 4.74 Å². The molecule has 1 amide bonds. The van der Waals surface area contributed by atoms with Crippen LogP contribution in [0, 0.1) is 20.8 Å². The van der Waals surface area contributed by atoms with Crippen LogP contribution in [-0.4, -0.2) is 33.0 Å². The van der Waals surface area contributed by atoms with Gasteiger partial charge in [0.25, 0.3) is 5.91 Å². The number of aromatic nitrogens is 3. The highest BCUT2D eigenvalue weighted by molar-refractivity contribution is 5.97. The molecule has 2 aromatic carbocycles. The van der Waals surface area contributed by atoms with Crippen LogP contribution in [0.2, 0.25) is 0 Å². The fourth-order valence-electron chi connectivity index (χ4n) is 2.74. The minimum atomic E-state index is -0.974. The first-order valence-corrected chi connectivity index (χ1v) is 8.93. The summed E-state index contributed by atoms with van der Waals surface area (Å²) >= 11 is 0. The summed E-state index contributed by atoms with van der Waals surface area (Å²) in [7, 11) is 0. The van der Waals surface area contributed by atoms with E-state index in [2.05, 4.69) is 15.5 Å². The molecule has 7 heteroatoms. The van der Waals surface area contributed by atoms with Gasteiger partial charge in [0.15, 0.2) is 11.8 Å². The van der Waals surface area contributed by atoms with Crippen LogP contribution in [0.4, 0.5) is 5.69 Å². The number of para-hydroxylation sites is 1. The van der Waals surface area contributed by atoms with Gasteiger partial charge in [0.05, 0.1) is 11.4 Å². The van der Waals surface area contributed by atoms with Gasteiger partial charge in [-0.25, -0.2) is 4.79 Å². The van der Waals surface area contributed by atoms with Crippen molar-refractivity contribution in [2.45, 2.75) is 33.8 Å². The lowest BCUT2D eigenvalue weighted by atomic mass is 10.1. The van der Waals surface area contributed by atoms with Crippen LogP contribution in [-0.2, 0) is 9.53 Å². The molecule has 0 fully saturated rings. The third-order valence-electron chi connectivity index (χ3n) is 4.24. The average molecular weight is 378 g/mol. The van der Waals surface area contributed by atoms with Crippen molar-refractivity contribution in [2.24, 2.45) is 0 Å². The van der Waals surface area contributed by atoms with Crippen molar-refractivity contribution in [1.82, 2.24) is 15.0 Å². The van der Waals surface area contributed by atoms with Crippen molar-refractivity contribution in [3.8, 4) is 5.69 Å². The molecule has 0 saturated carbocycles. The Morgan fingerprint density at radius 3 is 2.43 bits per heavy atom. The van der Waals surface area contributed by atoms with E-state index in [1.807, 2.05) is 38.1 Å². The van der Waals surface area contributed by atoms with Crippen molar-refractivity contribution in [2.75, 3.05) is 5.32 Å². The van der Waals surface area contributed by atoms with Crippen molar-refractivity contribution < 1.29 is 14.3 Å². The lowest BCUT2D eigenvalue weighted by Crippen LogP contribution is -2.30. The second-order valence-corrected chi connectivity index (χ2v) is 6.62. The number of rotatable bonds is 5. The van der Waals surface area contributed by atoms with E-state index in [1.165, 1.54) is 11.7 Å². The zero-order valence-corrected chi connectivity index (χ0v) is 16.3. The smallest absolute Gasteiger partial charge is 0.361 e. The zero-order chi connectivity index (χ0) is 20.3. The lowest BCUT2D eigenvalue weighted by molar-refractivity contribution is -0.123. The van der Waals surface area contributed by atoms with Gasteiger partial charge in [-0.15, -0.1) is 5.10 Å². The number of carbonyl (C=O) groups excluding carboxylic acids is 2. The first kappa shape index (κ1) is 19.3. The summed E-state index contributed by atoms with van der Waals surface area (Å²) in [5.74, 6) is -1.11. The van der Waals surface area contributed by atoms with Gasteiger partial charge < -0.3 is 10.1 Å². The fourth-order valence-corrected chi connectivity index (χ4v) is 2.74. The highest BCUT2D eigenvalue weighted by Crippen LogP contribution is 2.16. The topological polar surface area (TPSA) is 86.1 Å². The molecule has 3 rings (SSSR count). The molecule has 0 unspecified atom stereocenters. The number of amides is 1. The predicted octanol–water partition coefficient (Wildman–Crippen LogP) is 3.38. The maximum Gasteiger partial charge on any atom is 0.361 e. The SMILES string of the molecule is Cc1ccc(-n2nc(C)c(C(=O)O[C@@H](C)C(=O)Nc3ccccc3)n2)c(C)c1. The largest absolute Gasteiger partial charge is 0.448 e. The molecule has 1 heterocycles. The normalized spacial score (nSPS) is 11.7. The van der Waals surface area contributed by atoms with E-state index < -0.39 is 18.0 Å². The summed E-state index contributed by atoms with van der Waals surface area (Å²) in [4.78, 5) is 26.1. The number of esters is 1. The molecule has 0 bridgehead atoms. The van der Waals surface area contributed by atoms with Crippen LogP contribution in [0.15, 0.2) is 48.5 Å². The number of ether oxygens (including phenoxy) is 1. The molecule has 3 aromatic rings. The standard InChI is InChI=1S/C21H22N4O3/c1-13-10-11-18(14(2)12-13)25-23-15(3)19(24-25)21(27)28-16(4)20(26)22-17-8-6-5-7-9-17/h5-12,16H,1-4H3,(H,22,26)/t16-/m0/s1. The van der Waals surface area contributed by atoms with E-state index in [9.17, 15) is 9.59 Å². The van der Waals surface area contributed by atoms with Crippen LogP contribution in [0.5, 0.6) is 0 Å². The van der Waals surface area contributed by atoms with Crippen LogP contribution < -0.4 is 5.32 Å². The Morgan fingerprint density at radius 1 is 1.04 bits per heavy atom. The average Bonchev–Trinajstić information content (AvgIpc) is 3.04. The number of hydrogen-bond acceptors (Lipinski definition) is 5. The molecule has 0 saturated heterocycles. The summed E-state index contributed by atoms with van der Waals surface area (Å²) in [6.45, 7) is 7.15. The van der Waals surface area contributed by atoms with Crippen LogP contribution >= 0.6 is 0 Å². The minimum absolute atomic E-state index is 0.0827. The second-order valence-electron chi connectivity index (χ2n) is 6.62. The summed E-state index contributed by atoms with van der Waals surface area (Å²) in [5.41, 5.74) is 4.04. The Labute approximate surface area is 163 Å². The van der Waals surface area contributed by atoms with Crippen molar-refractivity contribution in [3.05, 3.63) is 71.0 Å². The Bertz CT molecular complexity index is 1010. The molecule has 0 aliphatic rings. The van der Waals surface area contributed by atoms with Crippen LogP contribution in [0.1, 0.15) is 34.2 Å². The van der Waals surface area contributed by atoms with Gasteiger partial charge in [-0.05, 0) is 51.5 Å². The first-order valence-electron chi connectivity index (χ1n) is 8.93. The maximum atomic E-state index is 12.5. The summed E-state index contributed by atoms with van der Waals surface area (Å²) in [6, 6.07) is 14.8. The molecule has 0 radical (unpaired) electrons. The Kier molecular flexibility index (Phi) is 5.54. The molecular weight excluding hydrogens is 356 g/mol. The minimum Gasteiger partial charge on any atom is -0.448 e. The second kappa shape index (κ2) is 8.04.